The topological polar surface area (TPSA) is 12.0 Å². The fourth-order valence-corrected chi connectivity index (χ4v) is 0.968. The van der Waals surface area contributed by atoms with Gasteiger partial charge in [-0.1, -0.05) is 11.6 Å². The Morgan fingerprint density at radius 1 is 1.23 bits per heavy atom. The molecule has 13 heavy (non-hydrogen) atoms. The third kappa shape index (κ3) is 2.57. The highest BCUT2D eigenvalue weighted by Gasteiger charge is 2.10. The Balaban J connectivity index is 3.06. The first-order chi connectivity index (χ1) is 6.00. The van der Waals surface area contributed by atoms with Gasteiger partial charge in [0.1, 0.15) is 0 Å². The van der Waals surface area contributed by atoms with Crippen LogP contribution in [0.15, 0.2) is 12.1 Å². The van der Waals surface area contributed by atoms with Gasteiger partial charge in [0.15, 0.2) is 21.9 Å². The molecule has 0 fully saturated rings. The van der Waals surface area contributed by atoms with Crippen molar-refractivity contribution >= 4 is 34.0 Å². The van der Waals surface area contributed by atoms with Gasteiger partial charge < -0.3 is 5.32 Å². The van der Waals surface area contributed by atoms with Crippen LogP contribution in [0.2, 0.25) is 0 Å². The molecule has 0 aliphatic rings. The first-order valence-electron chi connectivity index (χ1n) is 3.11. The van der Waals surface area contributed by atoms with E-state index in [1.807, 2.05) is 0 Å². The van der Waals surface area contributed by atoms with Gasteiger partial charge in [-0.2, -0.15) is 0 Å². The van der Waals surface area contributed by atoms with Gasteiger partial charge in [-0.25, -0.2) is 13.2 Å². The Kier molecular flexibility index (Phi) is 3.11. The van der Waals surface area contributed by atoms with Gasteiger partial charge in [-0.15, -0.1) is 0 Å². The van der Waals surface area contributed by atoms with Gasteiger partial charge in [0.25, 0.3) is 0 Å². The highest BCUT2D eigenvalue weighted by Crippen LogP contribution is 2.17. The van der Waals surface area contributed by atoms with Gasteiger partial charge in [0.05, 0.1) is 0 Å². The van der Waals surface area contributed by atoms with Gasteiger partial charge in [0, 0.05) is 17.8 Å². The molecular weight excluding hydrogens is 223 g/mol. The second-order valence-electron chi connectivity index (χ2n) is 2.15. The highest BCUT2D eigenvalue weighted by atomic mass is 35.5. The molecule has 0 spiro atoms. The van der Waals surface area contributed by atoms with Crippen LogP contribution in [0.3, 0.4) is 0 Å². The molecule has 1 N–H and O–H groups in total. The maximum absolute atomic E-state index is 12.5. The summed E-state index contributed by atoms with van der Waals surface area (Å²) in [6.07, 6.45) is 0. The van der Waals surface area contributed by atoms with E-state index in [0.717, 1.165) is 12.1 Å². The van der Waals surface area contributed by atoms with Crippen LogP contribution < -0.4 is 5.32 Å². The van der Waals surface area contributed by atoms with Gasteiger partial charge in [-0.3, -0.25) is 0 Å². The molecule has 0 saturated carbocycles. The average molecular weight is 226 g/mol. The monoisotopic (exact) mass is 225 g/mol. The number of rotatable bonds is 1. The van der Waals surface area contributed by atoms with Crippen molar-refractivity contribution in [2.45, 2.75) is 0 Å². The maximum Gasteiger partial charge on any atom is 0.194 e. The van der Waals surface area contributed by atoms with Crippen LogP contribution >= 0.6 is 23.8 Å². The van der Waals surface area contributed by atoms with E-state index in [4.69, 9.17) is 11.6 Å². The third-order valence-corrected chi connectivity index (χ3v) is 1.42. The van der Waals surface area contributed by atoms with Crippen molar-refractivity contribution in [3.8, 4) is 0 Å². The molecule has 0 saturated heterocycles. The van der Waals surface area contributed by atoms with E-state index in [1.54, 1.807) is 0 Å². The smallest absolute Gasteiger partial charge is 0.194 e. The Morgan fingerprint density at radius 3 is 2.08 bits per heavy atom. The van der Waals surface area contributed by atoms with Crippen LogP contribution in [0.1, 0.15) is 0 Å². The second-order valence-corrected chi connectivity index (χ2v) is 3.16. The summed E-state index contributed by atoms with van der Waals surface area (Å²) in [5, 5.41) is 2.26. The predicted octanol–water partition coefficient (Wildman–Crippen LogP) is 3.04. The van der Waals surface area contributed by atoms with Gasteiger partial charge in [0.2, 0.25) is 0 Å². The zero-order valence-corrected chi connectivity index (χ0v) is 7.65. The number of hydrogen-bond acceptors (Lipinski definition) is 1. The zero-order chi connectivity index (χ0) is 10.0. The van der Waals surface area contributed by atoms with E-state index in [-0.39, 0.29) is 10.1 Å². The van der Waals surface area contributed by atoms with Crippen LogP contribution in [0, 0.1) is 17.5 Å². The lowest BCUT2D eigenvalue weighted by atomic mass is 10.3. The summed E-state index contributed by atoms with van der Waals surface area (Å²) >= 11 is 9.65. The molecule has 0 aromatic heterocycles. The summed E-state index contributed by atoms with van der Waals surface area (Å²) < 4.78 is 37.3. The molecular formula is C7H3ClF3NS. The summed E-state index contributed by atoms with van der Waals surface area (Å²) in [6.45, 7) is 0. The van der Waals surface area contributed by atoms with Crippen molar-refractivity contribution in [1.82, 2.24) is 0 Å². The second kappa shape index (κ2) is 3.93. The quantitative estimate of drug-likeness (QED) is 0.341. The lowest BCUT2D eigenvalue weighted by Crippen LogP contribution is -2.02. The Bertz CT molecular complexity index is 333. The fourth-order valence-electron chi connectivity index (χ4n) is 0.741. The first kappa shape index (κ1) is 10.3. The standard InChI is InChI=1S/C7H3ClF3NS/c8-7(13)12-3-1-4(9)6(11)5(10)2-3/h1-2H,(H,12,13). The summed E-state index contributed by atoms with van der Waals surface area (Å²) in [6, 6.07) is 1.51. The largest absolute Gasteiger partial charge is 0.337 e. The van der Waals surface area contributed by atoms with E-state index in [1.165, 1.54) is 0 Å². The van der Waals surface area contributed by atoms with Crippen LogP contribution in [0.25, 0.3) is 0 Å². The molecule has 0 amide bonds. The minimum absolute atomic E-state index is 0.0311. The first-order valence-corrected chi connectivity index (χ1v) is 3.90. The molecule has 0 radical (unpaired) electrons. The van der Waals surface area contributed by atoms with E-state index >= 15 is 0 Å². The molecule has 0 atom stereocenters. The van der Waals surface area contributed by atoms with E-state index in [0.29, 0.717) is 0 Å². The van der Waals surface area contributed by atoms with E-state index < -0.39 is 17.5 Å². The van der Waals surface area contributed by atoms with E-state index in [2.05, 4.69) is 17.5 Å². The van der Waals surface area contributed by atoms with Crippen LogP contribution in [0.4, 0.5) is 18.9 Å². The Morgan fingerprint density at radius 2 is 1.69 bits per heavy atom. The average Bonchev–Trinajstić information content (AvgIpc) is 1.98. The van der Waals surface area contributed by atoms with Crippen molar-refractivity contribution < 1.29 is 13.2 Å². The zero-order valence-electron chi connectivity index (χ0n) is 6.07. The Hall–Kier alpha value is -0.810. The maximum atomic E-state index is 12.5. The predicted molar refractivity (Wildman–Crippen MR) is 48.4 cm³/mol. The SMILES string of the molecule is Fc1cc(NC(=S)Cl)cc(F)c1F. The minimum Gasteiger partial charge on any atom is -0.337 e. The molecule has 1 rings (SSSR count). The number of hydrogen-bond donors (Lipinski definition) is 1. The summed E-state index contributed by atoms with van der Waals surface area (Å²) in [5.74, 6) is -4.11. The van der Waals surface area contributed by atoms with Crippen LogP contribution in [-0.2, 0) is 0 Å². The van der Waals surface area contributed by atoms with Gasteiger partial charge >= 0.3 is 0 Å². The molecule has 0 aliphatic heterocycles. The molecule has 0 unspecified atom stereocenters. The number of halogens is 4. The highest BCUT2D eigenvalue weighted by molar-refractivity contribution is 7.83. The normalized spacial score (nSPS) is 9.85. The van der Waals surface area contributed by atoms with Crippen molar-refractivity contribution in [2.24, 2.45) is 0 Å². The van der Waals surface area contributed by atoms with Crippen LogP contribution in [0.5, 0.6) is 0 Å². The minimum atomic E-state index is -1.52. The van der Waals surface area contributed by atoms with Crippen molar-refractivity contribution in [1.29, 1.82) is 0 Å². The summed E-state index contributed by atoms with van der Waals surface area (Å²) in [4.78, 5) is 0. The van der Waals surface area contributed by atoms with Gasteiger partial charge in [-0.05, 0) is 12.2 Å². The van der Waals surface area contributed by atoms with Crippen molar-refractivity contribution in [3.05, 3.63) is 29.6 Å². The lowest BCUT2D eigenvalue weighted by Gasteiger charge is -2.03. The Labute approximate surface area is 82.5 Å². The molecule has 1 aromatic carbocycles. The number of benzene rings is 1. The number of thiocarbonyl (C=S) groups is 1. The molecule has 0 aliphatic carbocycles. The van der Waals surface area contributed by atoms with E-state index in [9.17, 15) is 13.2 Å². The van der Waals surface area contributed by atoms with Crippen molar-refractivity contribution in [3.63, 3.8) is 0 Å². The third-order valence-electron chi connectivity index (χ3n) is 1.23. The van der Waals surface area contributed by atoms with Crippen molar-refractivity contribution in [2.75, 3.05) is 5.32 Å². The number of nitrogens with one attached hydrogen (secondary N) is 1. The lowest BCUT2D eigenvalue weighted by molar-refractivity contribution is 0.448. The molecule has 0 bridgehead atoms. The molecule has 6 heteroatoms. The molecule has 0 heterocycles. The summed E-state index contributed by atoms with van der Waals surface area (Å²) in [7, 11) is 0. The molecule has 1 aromatic rings. The molecule has 70 valence electrons. The summed E-state index contributed by atoms with van der Waals surface area (Å²) in [5.41, 5.74) is -0.0311. The molecule has 1 nitrogen and oxygen atoms in total. The number of anilines is 1. The fraction of sp³-hybridized carbons (Fsp3) is 0. The van der Waals surface area contributed by atoms with Crippen LogP contribution in [-0.4, -0.2) is 4.45 Å².